The third kappa shape index (κ3) is 3.03. The van der Waals surface area contributed by atoms with Crippen molar-refractivity contribution >= 4 is 49.2 Å². The van der Waals surface area contributed by atoms with Crippen LogP contribution in [0.2, 0.25) is 0 Å². The monoisotopic (exact) mass is 463 g/mol. The normalized spacial score (nSPS) is 15.8. The molecule has 4 aromatic rings. The van der Waals surface area contributed by atoms with Crippen molar-refractivity contribution in [3.8, 4) is 11.2 Å². The lowest BCUT2D eigenvalue weighted by molar-refractivity contribution is -0.116. The number of rotatable bonds is 2. The second-order valence-electron chi connectivity index (χ2n) is 6.91. The number of thiazole rings is 1. The van der Waals surface area contributed by atoms with Crippen molar-refractivity contribution in [3.63, 3.8) is 0 Å². The summed E-state index contributed by atoms with van der Waals surface area (Å²) in [6.45, 7) is 1.95. The van der Waals surface area contributed by atoms with Gasteiger partial charge in [0.2, 0.25) is 11.0 Å². The van der Waals surface area contributed by atoms with E-state index >= 15 is 0 Å². The van der Waals surface area contributed by atoms with Crippen LogP contribution in [0, 0.1) is 18.3 Å². The van der Waals surface area contributed by atoms with Gasteiger partial charge in [-0.25, -0.2) is 4.98 Å². The standard InChI is InChI=1S/C21H14BrN5OS/c1-11-19-15(13-4-2-12(10-23)3-5-13)9-18(28)25-20(19)27(26-11)21-24-16-7-6-14(22)8-17(16)29-21/h2-8,15H,9H2,1H3,(H,25,28). The minimum absolute atomic E-state index is 0.0585. The summed E-state index contributed by atoms with van der Waals surface area (Å²) < 4.78 is 3.77. The highest BCUT2D eigenvalue weighted by molar-refractivity contribution is 9.10. The quantitative estimate of drug-likeness (QED) is 0.458. The van der Waals surface area contributed by atoms with Crippen LogP contribution in [0.1, 0.15) is 34.7 Å². The zero-order valence-electron chi connectivity index (χ0n) is 15.3. The Kier molecular flexibility index (Phi) is 4.23. The maximum absolute atomic E-state index is 12.5. The Balaban J connectivity index is 1.65. The molecule has 142 valence electrons. The molecule has 29 heavy (non-hydrogen) atoms. The van der Waals surface area contributed by atoms with Crippen LogP contribution in [0.15, 0.2) is 46.9 Å². The summed E-state index contributed by atoms with van der Waals surface area (Å²) in [4.78, 5) is 17.2. The smallest absolute Gasteiger partial charge is 0.226 e. The summed E-state index contributed by atoms with van der Waals surface area (Å²) in [6.07, 6.45) is 0.345. The first kappa shape index (κ1) is 18.0. The molecule has 5 rings (SSSR count). The predicted molar refractivity (Wildman–Crippen MR) is 115 cm³/mol. The molecule has 2 aromatic carbocycles. The zero-order valence-corrected chi connectivity index (χ0v) is 17.7. The van der Waals surface area contributed by atoms with Gasteiger partial charge in [-0.1, -0.05) is 39.4 Å². The number of carbonyl (C=O) groups is 1. The predicted octanol–water partition coefficient (Wildman–Crippen LogP) is 4.90. The molecule has 0 radical (unpaired) electrons. The van der Waals surface area contributed by atoms with E-state index in [-0.39, 0.29) is 11.8 Å². The molecule has 1 aliphatic heterocycles. The third-order valence-electron chi connectivity index (χ3n) is 5.07. The number of aryl methyl sites for hydroxylation is 1. The molecule has 0 spiro atoms. The van der Waals surface area contributed by atoms with Gasteiger partial charge in [0.15, 0.2) is 0 Å². The summed E-state index contributed by atoms with van der Waals surface area (Å²) in [7, 11) is 0. The maximum Gasteiger partial charge on any atom is 0.226 e. The van der Waals surface area contributed by atoms with Gasteiger partial charge in [0.1, 0.15) is 5.82 Å². The minimum atomic E-state index is -0.108. The van der Waals surface area contributed by atoms with Crippen LogP contribution in [-0.4, -0.2) is 20.7 Å². The van der Waals surface area contributed by atoms with Crippen molar-refractivity contribution in [2.75, 3.05) is 5.32 Å². The number of anilines is 1. The number of nitrogens with one attached hydrogen (secondary N) is 1. The molecule has 0 saturated heterocycles. The van der Waals surface area contributed by atoms with Crippen molar-refractivity contribution in [2.24, 2.45) is 0 Å². The second-order valence-corrected chi connectivity index (χ2v) is 8.83. The topological polar surface area (TPSA) is 83.6 Å². The molecule has 1 unspecified atom stereocenters. The number of amides is 1. The molecule has 0 saturated carbocycles. The van der Waals surface area contributed by atoms with E-state index < -0.39 is 0 Å². The summed E-state index contributed by atoms with van der Waals surface area (Å²) >= 11 is 5.02. The van der Waals surface area contributed by atoms with E-state index in [1.807, 2.05) is 37.3 Å². The molecule has 2 aromatic heterocycles. The van der Waals surface area contributed by atoms with Crippen LogP contribution in [0.25, 0.3) is 15.3 Å². The molecular weight excluding hydrogens is 450 g/mol. The summed E-state index contributed by atoms with van der Waals surface area (Å²) in [6, 6.07) is 15.5. The van der Waals surface area contributed by atoms with Crippen LogP contribution >= 0.6 is 27.3 Å². The van der Waals surface area contributed by atoms with Crippen molar-refractivity contribution < 1.29 is 4.79 Å². The highest BCUT2D eigenvalue weighted by Crippen LogP contribution is 2.41. The molecule has 1 aliphatic rings. The fraction of sp³-hybridized carbons (Fsp3) is 0.143. The van der Waals surface area contributed by atoms with Gasteiger partial charge < -0.3 is 5.32 Å². The fourth-order valence-corrected chi connectivity index (χ4v) is 5.21. The lowest BCUT2D eigenvalue weighted by Crippen LogP contribution is -2.24. The van der Waals surface area contributed by atoms with E-state index in [0.717, 1.165) is 31.5 Å². The molecular formula is C21H14BrN5OS. The summed E-state index contributed by atoms with van der Waals surface area (Å²) in [5.74, 6) is 0.506. The van der Waals surface area contributed by atoms with Gasteiger partial charge in [-0.05, 0) is 42.8 Å². The Labute approximate surface area is 178 Å². The van der Waals surface area contributed by atoms with Crippen LogP contribution in [0.5, 0.6) is 0 Å². The van der Waals surface area contributed by atoms with Gasteiger partial charge in [-0.15, -0.1) is 0 Å². The molecule has 1 amide bonds. The van der Waals surface area contributed by atoms with E-state index in [4.69, 9.17) is 15.3 Å². The molecule has 1 N–H and O–H groups in total. The van der Waals surface area contributed by atoms with Gasteiger partial charge in [0, 0.05) is 22.4 Å². The van der Waals surface area contributed by atoms with E-state index in [0.29, 0.717) is 22.9 Å². The first-order valence-electron chi connectivity index (χ1n) is 8.99. The number of aromatic nitrogens is 3. The number of fused-ring (bicyclic) bond motifs is 2. The number of nitriles is 1. The van der Waals surface area contributed by atoms with E-state index in [1.54, 1.807) is 16.8 Å². The van der Waals surface area contributed by atoms with E-state index in [9.17, 15) is 4.79 Å². The minimum Gasteiger partial charge on any atom is -0.310 e. The Morgan fingerprint density at radius 3 is 2.83 bits per heavy atom. The molecule has 0 aliphatic carbocycles. The number of hydrogen-bond donors (Lipinski definition) is 1. The first-order valence-corrected chi connectivity index (χ1v) is 10.6. The van der Waals surface area contributed by atoms with Crippen LogP contribution < -0.4 is 5.32 Å². The third-order valence-corrected chi connectivity index (χ3v) is 6.55. The van der Waals surface area contributed by atoms with Gasteiger partial charge in [0.05, 0.1) is 27.5 Å². The largest absolute Gasteiger partial charge is 0.310 e. The van der Waals surface area contributed by atoms with Crippen LogP contribution in [0.3, 0.4) is 0 Å². The maximum atomic E-state index is 12.5. The number of carbonyl (C=O) groups excluding carboxylic acids is 1. The number of nitrogens with zero attached hydrogens (tertiary/aromatic N) is 4. The van der Waals surface area contributed by atoms with E-state index in [2.05, 4.69) is 27.3 Å². The van der Waals surface area contributed by atoms with Gasteiger partial charge in [-0.2, -0.15) is 15.0 Å². The van der Waals surface area contributed by atoms with E-state index in [1.165, 1.54) is 11.3 Å². The zero-order chi connectivity index (χ0) is 20.1. The van der Waals surface area contributed by atoms with Crippen LogP contribution in [0.4, 0.5) is 5.82 Å². The highest BCUT2D eigenvalue weighted by atomic mass is 79.9. The van der Waals surface area contributed by atoms with Gasteiger partial charge >= 0.3 is 0 Å². The van der Waals surface area contributed by atoms with Crippen molar-refractivity contribution in [2.45, 2.75) is 19.3 Å². The molecule has 8 heteroatoms. The van der Waals surface area contributed by atoms with Crippen LogP contribution in [-0.2, 0) is 4.79 Å². The number of hydrogen-bond acceptors (Lipinski definition) is 5. The number of halogens is 1. The molecule has 1 atom stereocenters. The number of benzene rings is 2. The lowest BCUT2D eigenvalue weighted by atomic mass is 9.85. The molecule has 0 bridgehead atoms. The fourth-order valence-electron chi connectivity index (χ4n) is 3.74. The Hall–Kier alpha value is -3.02. The highest BCUT2D eigenvalue weighted by Gasteiger charge is 2.33. The second kappa shape index (κ2) is 6.79. The summed E-state index contributed by atoms with van der Waals surface area (Å²) in [5, 5.41) is 17.5. The Morgan fingerprint density at radius 2 is 2.07 bits per heavy atom. The average molecular weight is 464 g/mol. The Bertz CT molecular complexity index is 1320. The van der Waals surface area contributed by atoms with Crippen molar-refractivity contribution in [1.29, 1.82) is 5.26 Å². The lowest BCUT2D eigenvalue weighted by Gasteiger charge is -2.24. The van der Waals surface area contributed by atoms with Gasteiger partial charge in [-0.3, -0.25) is 4.79 Å². The average Bonchev–Trinajstić information content (AvgIpc) is 3.28. The Morgan fingerprint density at radius 1 is 1.28 bits per heavy atom. The SMILES string of the molecule is Cc1nn(-c2nc3ccc(Br)cc3s2)c2c1C(c1ccc(C#N)cc1)CC(=O)N2. The molecule has 3 heterocycles. The first-order chi connectivity index (χ1) is 14.0. The molecule has 0 fully saturated rings. The van der Waals surface area contributed by atoms with Gasteiger partial charge in [0.25, 0.3) is 0 Å². The summed E-state index contributed by atoms with van der Waals surface area (Å²) in [5.41, 5.74) is 4.34. The van der Waals surface area contributed by atoms with Crippen molar-refractivity contribution in [1.82, 2.24) is 14.8 Å². The molecule has 6 nitrogen and oxygen atoms in total. The van der Waals surface area contributed by atoms with Crippen molar-refractivity contribution in [3.05, 3.63) is 69.3 Å².